The molecule has 0 spiro atoms. The molecule has 1 aliphatic rings. The predicted molar refractivity (Wildman–Crippen MR) is 138 cm³/mol. The Kier molecular flexibility index (Phi) is 6.33. The van der Waals surface area contributed by atoms with Gasteiger partial charge >= 0.3 is 5.97 Å². The molecule has 0 saturated carbocycles. The molecule has 2 heterocycles. The lowest BCUT2D eigenvalue weighted by atomic mass is 9.96. The van der Waals surface area contributed by atoms with Crippen molar-refractivity contribution in [2.75, 3.05) is 33.3 Å². The minimum absolute atomic E-state index is 0.0884. The van der Waals surface area contributed by atoms with E-state index in [9.17, 15) is 14.4 Å². The highest BCUT2D eigenvalue weighted by Crippen LogP contribution is 2.39. The number of carbonyl (C=O) groups is 2. The van der Waals surface area contributed by atoms with Crippen LogP contribution in [0.15, 0.2) is 69.9 Å². The Morgan fingerprint density at radius 2 is 1.69 bits per heavy atom. The lowest BCUT2D eigenvalue weighted by Gasteiger charge is -2.28. The minimum Gasteiger partial charge on any atom is -0.465 e. The summed E-state index contributed by atoms with van der Waals surface area (Å²) >= 11 is 0. The van der Waals surface area contributed by atoms with Crippen LogP contribution in [-0.4, -0.2) is 55.0 Å². The van der Waals surface area contributed by atoms with Gasteiger partial charge < -0.3 is 19.0 Å². The van der Waals surface area contributed by atoms with E-state index in [1.54, 1.807) is 35.2 Å². The van der Waals surface area contributed by atoms with Gasteiger partial charge in [0.05, 0.1) is 29.7 Å². The van der Waals surface area contributed by atoms with Gasteiger partial charge in [-0.25, -0.2) is 4.79 Å². The fourth-order valence-electron chi connectivity index (χ4n) is 5.03. The van der Waals surface area contributed by atoms with Crippen LogP contribution in [0.3, 0.4) is 0 Å². The molecule has 0 radical (unpaired) electrons. The summed E-state index contributed by atoms with van der Waals surface area (Å²) in [4.78, 5) is 43.5. The average molecular weight is 485 g/mol. The first-order valence-corrected chi connectivity index (χ1v) is 12.2. The van der Waals surface area contributed by atoms with E-state index >= 15 is 0 Å². The van der Waals surface area contributed by atoms with Crippen molar-refractivity contribution in [3.05, 3.63) is 93.3 Å². The number of hydrogen-bond acceptors (Lipinski definition) is 6. The zero-order valence-electron chi connectivity index (χ0n) is 20.6. The number of methoxy groups -OCH3 is 1. The van der Waals surface area contributed by atoms with E-state index in [0.717, 1.165) is 29.4 Å². The molecule has 0 N–H and O–H groups in total. The van der Waals surface area contributed by atoms with E-state index in [1.165, 1.54) is 7.11 Å². The lowest BCUT2D eigenvalue weighted by Crippen LogP contribution is -2.37. The molecule has 0 fully saturated rings. The van der Waals surface area contributed by atoms with Crippen LogP contribution in [0.25, 0.3) is 21.7 Å². The molecule has 1 atom stereocenters. The molecule has 0 bridgehead atoms. The summed E-state index contributed by atoms with van der Waals surface area (Å²) in [5.74, 6) is -0.656. The second-order valence-corrected chi connectivity index (χ2v) is 8.88. The van der Waals surface area contributed by atoms with E-state index in [0.29, 0.717) is 35.2 Å². The van der Waals surface area contributed by atoms with Gasteiger partial charge in [0.25, 0.3) is 5.91 Å². The second-order valence-electron chi connectivity index (χ2n) is 8.88. The maximum Gasteiger partial charge on any atom is 0.337 e. The van der Waals surface area contributed by atoms with Crippen LogP contribution in [0.5, 0.6) is 0 Å². The van der Waals surface area contributed by atoms with Gasteiger partial charge in [-0.2, -0.15) is 0 Å². The van der Waals surface area contributed by atoms with Gasteiger partial charge in [0, 0.05) is 18.5 Å². The molecule has 1 aliphatic heterocycles. The number of likely N-dealkylation sites (N-methyl/N-ethyl adjacent to an activating group) is 1. The monoisotopic (exact) mass is 484 g/mol. The number of nitrogens with zero attached hydrogens (tertiary/aromatic N) is 2. The Hall–Kier alpha value is -3.97. The Labute approximate surface area is 208 Å². The third-order valence-electron chi connectivity index (χ3n) is 7.06. The van der Waals surface area contributed by atoms with Crippen molar-refractivity contribution in [3.63, 3.8) is 0 Å². The zero-order chi connectivity index (χ0) is 25.4. The van der Waals surface area contributed by atoms with Crippen molar-refractivity contribution in [3.8, 4) is 0 Å². The Balaban J connectivity index is 1.68. The van der Waals surface area contributed by atoms with Crippen molar-refractivity contribution >= 4 is 33.6 Å². The first-order chi connectivity index (χ1) is 17.5. The molecule has 1 aromatic heterocycles. The fourth-order valence-corrected chi connectivity index (χ4v) is 5.03. The molecule has 1 amide bonds. The second kappa shape index (κ2) is 9.59. The van der Waals surface area contributed by atoms with Crippen molar-refractivity contribution < 1.29 is 18.7 Å². The van der Waals surface area contributed by atoms with Crippen molar-refractivity contribution in [2.45, 2.75) is 19.9 Å². The third-order valence-corrected chi connectivity index (χ3v) is 7.06. The maximum atomic E-state index is 13.9. The predicted octanol–water partition coefficient (Wildman–Crippen LogP) is 4.62. The first kappa shape index (κ1) is 23.8. The number of esters is 1. The number of carbonyl (C=O) groups excluding carboxylic acids is 2. The van der Waals surface area contributed by atoms with E-state index in [-0.39, 0.29) is 17.1 Å². The largest absolute Gasteiger partial charge is 0.465 e. The van der Waals surface area contributed by atoms with E-state index < -0.39 is 12.0 Å². The maximum absolute atomic E-state index is 13.9. The summed E-state index contributed by atoms with van der Waals surface area (Å²) < 4.78 is 11.1. The molecular formula is C29H28N2O5. The van der Waals surface area contributed by atoms with Crippen LogP contribution in [0.2, 0.25) is 0 Å². The summed E-state index contributed by atoms with van der Waals surface area (Å²) in [6.45, 7) is 6.98. The quantitative estimate of drug-likeness (QED) is 0.281. The summed E-state index contributed by atoms with van der Waals surface area (Å²) in [5.41, 5.74) is 1.70. The number of rotatable bonds is 7. The zero-order valence-corrected chi connectivity index (χ0v) is 20.6. The van der Waals surface area contributed by atoms with Crippen molar-refractivity contribution in [1.29, 1.82) is 0 Å². The molecular weight excluding hydrogens is 456 g/mol. The molecule has 3 aromatic carbocycles. The molecule has 0 saturated heterocycles. The summed E-state index contributed by atoms with van der Waals surface area (Å²) in [6, 6.07) is 17.6. The van der Waals surface area contributed by atoms with Gasteiger partial charge in [0.2, 0.25) is 5.76 Å². The number of benzene rings is 3. The smallest absolute Gasteiger partial charge is 0.337 e. The topological polar surface area (TPSA) is 80.1 Å². The van der Waals surface area contributed by atoms with Crippen molar-refractivity contribution in [2.24, 2.45) is 0 Å². The molecule has 5 rings (SSSR count). The minimum atomic E-state index is -0.609. The highest BCUT2D eigenvalue weighted by Gasteiger charge is 2.42. The summed E-state index contributed by atoms with van der Waals surface area (Å²) in [7, 11) is 1.33. The highest BCUT2D eigenvalue weighted by atomic mass is 16.5. The lowest BCUT2D eigenvalue weighted by molar-refractivity contribution is 0.0599. The summed E-state index contributed by atoms with van der Waals surface area (Å²) in [6.07, 6.45) is 0. The molecule has 36 heavy (non-hydrogen) atoms. The van der Waals surface area contributed by atoms with Gasteiger partial charge in [0.1, 0.15) is 5.58 Å². The van der Waals surface area contributed by atoms with Crippen LogP contribution in [0, 0.1) is 0 Å². The molecule has 7 heteroatoms. The molecule has 4 aromatic rings. The molecule has 1 unspecified atom stereocenters. The van der Waals surface area contributed by atoms with Gasteiger partial charge in [-0.1, -0.05) is 56.3 Å². The molecule has 0 aliphatic carbocycles. The first-order valence-electron chi connectivity index (χ1n) is 12.2. The van der Waals surface area contributed by atoms with Crippen LogP contribution >= 0.6 is 0 Å². The standard InChI is InChI=1S/C29H28N2O5/c1-4-30(5-2)16-17-31-24(19-10-12-20(13-11-19)29(34)35-3)23-25(32)22-15-14-18-8-6-7-9-21(18)26(22)36-27(23)28(31)33/h6-15,24H,4-5,16-17H2,1-3H3. The van der Waals surface area contributed by atoms with Gasteiger partial charge in [0.15, 0.2) is 5.43 Å². The Morgan fingerprint density at radius 1 is 0.972 bits per heavy atom. The van der Waals surface area contributed by atoms with E-state index in [4.69, 9.17) is 9.15 Å². The van der Waals surface area contributed by atoms with Crippen LogP contribution in [-0.2, 0) is 4.74 Å². The SMILES string of the molecule is CCN(CC)CCN1C(=O)c2oc3c(ccc4ccccc43)c(=O)c2C1c1ccc(C(=O)OC)cc1. The van der Waals surface area contributed by atoms with E-state index in [1.807, 2.05) is 30.3 Å². The van der Waals surface area contributed by atoms with Gasteiger partial charge in [-0.15, -0.1) is 0 Å². The normalized spacial score (nSPS) is 15.2. The third kappa shape index (κ3) is 3.85. The number of ether oxygens (including phenoxy) is 1. The Bertz CT molecular complexity index is 1520. The van der Waals surface area contributed by atoms with Crippen LogP contribution in [0.4, 0.5) is 0 Å². The number of fused-ring (bicyclic) bond motifs is 4. The van der Waals surface area contributed by atoms with Crippen LogP contribution in [0.1, 0.15) is 51.9 Å². The molecule has 184 valence electrons. The van der Waals surface area contributed by atoms with Gasteiger partial charge in [-0.05, 0) is 42.2 Å². The van der Waals surface area contributed by atoms with E-state index in [2.05, 4.69) is 18.7 Å². The Morgan fingerprint density at radius 3 is 2.39 bits per heavy atom. The van der Waals surface area contributed by atoms with Crippen molar-refractivity contribution in [1.82, 2.24) is 9.80 Å². The fraction of sp³-hybridized carbons (Fsp3) is 0.276. The number of hydrogen-bond donors (Lipinski definition) is 0. The van der Waals surface area contributed by atoms with Gasteiger partial charge in [-0.3, -0.25) is 9.59 Å². The number of amides is 1. The highest BCUT2D eigenvalue weighted by molar-refractivity contribution is 6.06. The average Bonchev–Trinajstić information content (AvgIpc) is 3.20. The molecule has 7 nitrogen and oxygen atoms in total. The summed E-state index contributed by atoms with van der Waals surface area (Å²) in [5, 5.41) is 2.18. The van der Waals surface area contributed by atoms with Crippen LogP contribution < -0.4 is 5.43 Å².